The molecule has 0 unspecified atom stereocenters. The first-order valence-electron chi connectivity index (χ1n) is 7.08. The van der Waals surface area contributed by atoms with E-state index >= 15 is 0 Å². The number of nitrogens with zero attached hydrogens (tertiary/aromatic N) is 4. The zero-order valence-corrected chi connectivity index (χ0v) is 13.1. The Morgan fingerprint density at radius 2 is 2.04 bits per heavy atom. The van der Waals surface area contributed by atoms with E-state index in [-0.39, 0.29) is 0 Å². The smallest absolute Gasteiger partial charge is 0.294 e. The molecular weight excluding hydrogens is 329 g/mol. The van der Waals surface area contributed by atoms with Gasteiger partial charge in [-0.25, -0.2) is 15.0 Å². The fraction of sp³-hybridized carbons (Fsp3) is 0.400. The number of aryl methyl sites for hydroxylation is 1. The highest BCUT2D eigenvalue weighted by molar-refractivity contribution is 6.29. The highest BCUT2D eigenvalue weighted by atomic mass is 35.5. The van der Waals surface area contributed by atoms with E-state index in [1.165, 1.54) is 6.20 Å². The van der Waals surface area contributed by atoms with Crippen molar-refractivity contribution in [2.75, 3.05) is 6.54 Å². The Bertz CT molecular complexity index is 733. The van der Waals surface area contributed by atoms with E-state index in [1.807, 2.05) is 6.92 Å². The van der Waals surface area contributed by atoms with E-state index in [9.17, 15) is 13.2 Å². The van der Waals surface area contributed by atoms with Crippen LogP contribution in [0.4, 0.5) is 13.2 Å². The Hall–Kier alpha value is -1.73. The van der Waals surface area contributed by atoms with Crippen LogP contribution in [0.25, 0.3) is 0 Å². The third kappa shape index (κ3) is 3.61. The van der Waals surface area contributed by atoms with Gasteiger partial charge in [0.1, 0.15) is 5.15 Å². The van der Waals surface area contributed by atoms with E-state index < -0.39 is 12.0 Å². The summed E-state index contributed by atoms with van der Waals surface area (Å²) in [6, 6.07) is 1.80. The molecule has 4 nitrogen and oxygen atoms in total. The van der Waals surface area contributed by atoms with Crippen molar-refractivity contribution in [1.82, 2.24) is 19.9 Å². The molecule has 0 N–H and O–H groups in total. The summed E-state index contributed by atoms with van der Waals surface area (Å²) in [4.78, 5) is 13.3. The SMILES string of the molecule is Cc1cc(Cl)ncc1CN1CCc2nc(C(F)(F)F)ncc2C1. The molecule has 0 fully saturated rings. The molecule has 3 rings (SSSR count). The van der Waals surface area contributed by atoms with Gasteiger partial charge >= 0.3 is 6.18 Å². The minimum Gasteiger partial charge on any atom is -0.294 e. The highest BCUT2D eigenvalue weighted by Crippen LogP contribution is 2.28. The molecule has 3 heterocycles. The molecule has 0 bridgehead atoms. The number of hydrogen-bond acceptors (Lipinski definition) is 4. The summed E-state index contributed by atoms with van der Waals surface area (Å²) in [5.74, 6) is -1.07. The monoisotopic (exact) mass is 342 g/mol. The third-order valence-corrected chi connectivity index (χ3v) is 4.05. The zero-order chi connectivity index (χ0) is 16.6. The second-order valence-electron chi connectivity index (χ2n) is 5.56. The van der Waals surface area contributed by atoms with Gasteiger partial charge in [0.2, 0.25) is 5.82 Å². The molecule has 2 aromatic rings. The van der Waals surface area contributed by atoms with Crippen LogP contribution < -0.4 is 0 Å². The zero-order valence-electron chi connectivity index (χ0n) is 12.4. The maximum atomic E-state index is 12.6. The Kier molecular flexibility index (Phi) is 4.25. The van der Waals surface area contributed by atoms with Gasteiger partial charge < -0.3 is 0 Å². The Balaban J connectivity index is 1.75. The van der Waals surface area contributed by atoms with E-state index in [1.54, 1.807) is 12.3 Å². The largest absolute Gasteiger partial charge is 0.451 e. The predicted octanol–water partition coefficient (Wildman–Crippen LogP) is 3.41. The molecule has 23 heavy (non-hydrogen) atoms. The lowest BCUT2D eigenvalue weighted by atomic mass is 10.1. The Labute approximate surface area is 136 Å². The molecule has 0 atom stereocenters. The molecule has 0 aliphatic carbocycles. The number of rotatable bonds is 2. The van der Waals surface area contributed by atoms with E-state index in [4.69, 9.17) is 11.6 Å². The van der Waals surface area contributed by atoms with E-state index in [0.717, 1.165) is 16.7 Å². The van der Waals surface area contributed by atoms with Crippen molar-refractivity contribution in [3.05, 3.63) is 51.8 Å². The van der Waals surface area contributed by atoms with Crippen LogP contribution in [0, 0.1) is 6.92 Å². The fourth-order valence-corrected chi connectivity index (χ4v) is 2.82. The second-order valence-corrected chi connectivity index (χ2v) is 5.94. The lowest BCUT2D eigenvalue weighted by molar-refractivity contribution is -0.145. The van der Waals surface area contributed by atoms with Crippen LogP contribution in [0.2, 0.25) is 5.15 Å². The summed E-state index contributed by atoms with van der Waals surface area (Å²) < 4.78 is 37.9. The normalized spacial score (nSPS) is 15.5. The minimum atomic E-state index is -4.50. The summed E-state index contributed by atoms with van der Waals surface area (Å²) in [6.45, 7) is 3.79. The van der Waals surface area contributed by atoms with Gasteiger partial charge in [-0.2, -0.15) is 13.2 Å². The summed E-state index contributed by atoms with van der Waals surface area (Å²) in [5.41, 5.74) is 3.31. The molecule has 0 saturated heterocycles. The quantitative estimate of drug-likeness (QED) is 0.784. The van der Waals surface area contributed by atoms with Crippen molar-refractivity contribution < 1.29 is 13.2 Å². The van der Waals surface area contributed by atoms with Gasteiger partial charge in [0.25, 0.3) is 0 Å². The summed E-state index contributed by atoms with van der Waals surface area (Å²) in [5, 5.41) is 0.448. The van der Waals surface area contributed by atoms with Crippen molar-refractivity contribution in [2.24, 2.45) is 0 Å². The van der Waals surface area contributed by atoms with Crippen molar-refractivity contribution >= 4 is 11.6 Å². The Morgan fingerprint density at radius 1 is 1.26 bits per heavy atom. The molecule has 1 aliphatic rings. The average molecular weight is 343 g/mol. The van der Waals surface area contributed by atoms with Gasteiger partial charge in [-0.05, 0) is 24.1 Å². The lowest BCUT2D eigenvalue weighted by Crippen LogP contribution is -2.31. The topological polar surface area (TPSA) is 41.9 Å². The van der Waals surface area contributed by atoms with Crippen LogP contribution in [0.1, 0.15) is 28.2 Å². The van der Waals surface area contributed by atoms with Crippen LogP contribution in [-0.4, -0.2) is 26.4 Å². The predicted molar refractivity (Wildman–Crippen MR) is 78.8 cm³/mol. The van der Waals surface area contributed by atoms with E-state index in [2.05, 4.69) is 19.9 Å². The number of hydrogen-bond donors (Lipinski definition) is 0. The van der Waals surface area contributed by atoms with Crippen LogP contribution in [0.3, 0.4) is 0 Å². The molecular formula is C15H14ClF3N4. The summed E-state index contributed by atoms with van der Waals surface area (Å²) >= 11 is 5.85. The van der Waals surface area contributed by atoms with Gasteiger partial charge in [-0.3, -0.25) is 4.90 Å². The van der Waals surface area contributed by atoms with Gasteiger partial charge in [-0.15, -0.1) is 0 Å². The Morgan fingerprint density at radius 3 is 2.74 bits per heavy atom. The molecule has 0 spiro atoms. The fourth-order valence-electron chi connectivity index (χ4n) is 2.60. The van der Waals surface area contributed by atoms with Gasteiger partial charge in [0, 0.05) is 44.0 Å². The number of alkyl halides is 3. The standard InChI is InChI=1S/C15H14ClF3N4/c1-9-4-13(16)20-5-10(9)7-23-3-2-12-11(8-23)6-21-14(22-12)15(17,18)19/h4-6H,2-3,7-8H2,1H3. The molecule has 8 heteroatoms. The molecule has 2 aromatic heterocycles. The lowest BCUT2D eigenvalue weighted by Gasteiger charge is -2.28. The average Bonchev–Trinajstić information content (AvgIpc) is 2.48. The molecule has 0 aromatic carbocycles. The summed E-state index contributed by atoms with van der Waals surface area (Å²) in [7, 11) is 0. The van der Waals surface area contributed by atoms with Crippen LogP contribution in [0.5, 0.6) is 0 Å². The molecule has 122 valence electrons. The third-order valence-electron chi connectivity index (χ3n) is 3.85. The van der Waals surface area contributed by atoms with Crippen molar-refractivity contribution in [1.29, 1.82) is 0 Å². The number of pyridine rings is 1. The van der Waals surface area contributed by atoms with Crippen molar-refractivity contribution in [3.8, 4) is 0 Å². The molecule has 0 saturated carbocycles. The van der Waals surface area contributed by atoms with Crippen LogP contribution in [-0.2, 0) is 25.7 Å². The number of halogens is 4. The first-order chi connectivity index (χ1) is 10.8. The first kappa shape index (κ1) is 16.1. The van der Waals surface area contributed by atoms with Crippen LogP contribution in [0.15, 0.2) is 18.5 Å². The second kappa shape index (κ2) is 6.05. The molecule has 1 aliphatic heterocycles. The highest BCUT2D eigenvalue weighted by Gasteiger charge is 2.35. The maximum Gasteiger partial charge on any atom is 0.451 e. The van der Waals surface area contributed by atoms with Gasteiger partial charge in [0.15, 0.2) is 0 Å². The number of fused-ring (bicyclic) bond motifs is 1. The van der Waals surface area contributed by atoms with Gasteiger partial charge in [-0.1, -0.05) is 11.6 Å². The summed E-state index contributed by atoms with van der Waals surface area (Å²) in [6.07, 6.45) is -1.01. The maximum absolute atomic E-state index is 12.6. The van der Waals surface area contributed by atoms with Crippen molar-refractivity contribution in [3.63, 3.8) is 0 Å². The van der Waals surface area contributed by atoms with Crippen molar-refractivity contribution in [2.45, 2.75) is 32.6 Å². The molecule has 0 amide bonds. The van der Waals surface area contributed by atoms with Gasteiger partial charge in [0.05, 0.1) is 5.69 Å². The van der Waals surface area contributed by atoms with E-state index in [0.29, 0.717) is 36.9 Å². The molecule has 0 radical (unpaired) electrons. The minimum absolute atomic E-state index is 0.448. The van der Waals surface area contributed by atoms with Crippen LogP contribution >= 0.6 is 11.6 Å². The first-order valence-corrected chi connectivity index (χ1v) is 7.46. The number of aromatic nitrogens is 3.